The van der Waals surface area contributed by atoms with Crippen molar-refractivity contribution < 1.29 is 21.6 Å². The van der Waals surface area contributed by atoms with Crippen molar-refractivity contribution in [1.82, 2.24) is 0 Å². The SMILES string of the molecule is O=S(=O)(Cl)C(c1ccc(Cl)s1)C(F)(F)F. The van der Waals surface area contributed by atoms with E-state index in [4.69, 9.17) is 22.3 Å². The van der Waals surface area contributed by atoms with Crippen molar-refractivity contribution in [3.05, 3.63) is 21.3 Å². The summed E-state index contributed by atoms with van der Waals surface area (Å²) in [6.07, 6.45) is -4.95. The van der Waals surface area contributed by atoms with Gasteiger partial charge < -0.3 is 0 Å². The zero-order chi connectivity index (χ0) is 11.9. The molecule has 0 aromatic carbocycles. The van der Waals surface area contributed by atoms with E-state index in [-0.39, 0.29) is 4.34 Å². The van der Waals surface area contributed by atoms with Crippen LogP contribution in [0.1, 0.15) is 10.1 Å². The van der Waals surface area contributed by atoms with Crippen molar-refractivity contribution in [3.63, 3.8) is 0 Å². The van der Waals surface area contributed by atoms with E-state index in [9.17, 15) is 21.6 Å². The van der Waals surface area contributed by atoms with Gasteiger partial charge in [-0.2, -0.15) is 13.2 Å². The predicted molar refractivity (Wildman–Crippen MR) is 52.9 cm³/mol. The Balaban J connectivity index is 3.26. The second kappa shape index (κ2) is 4.12. The van der Waals surface area contributed by atoms with Gasteiger partial charge in [-0.3, -0.25) is 0 Å². The number of thiophene rings is 1. The first-order chi connectivity index (χ1) is 6.62. The van der Waals surface area contributed by atoms with Gasteiger partial charge in [-0.25, -0.2) is 8.42 Å². The van der Waals surface area contributed by atoms with E-state index in [1.165, 1.54) is 6.07 Å². The fourth-order valence-corrected chi connectivity index (χ4v) is 3.95. The maximum Gasteiger partial charge on any atom is 0.411 e. The van der Waals surface area contributed by atoms with E-state index in [0.29, 0.717) is 11.3 Å². The van der Waals surface area contributed by atoms with Crippen LogP contribution < -0.4 is 0 Å². The van der Waals surface area contributed by atoms with Gasteiger partial charge in [0.25, 0.3) is 0 Å². The molecule has 0 saturated heterocycles. The molecule has 1 atom stereocenters. The van der Waals surface area contributed by atoms with Gasteiger partial charge >= 0.3 is 6.18 Å². The highest BCUT2D eigenvalue weighted by Crippen LogP contribution is 2.44. The zero-order valence-corrected chi connectivity index (χ0v) is 9.90. The molecule has 0 spiro atoms. The lowest BCUT2D eigenvalue weighted by molar-refractivity contribution is -0.130. The molecule has 1 aromatic heterocycles. The van der Waals surface area contributed by atoms with Crippen LogP contribution in [-0.2, 0) is 9.05 Å². The summed E-state index contributed by atoms with van der Waals surface area (Å²) in [4.78, 5) is -0.442. The molecule has 0 radical (unpaired) electrons. The molecule has 1 aromatic rings. The van der Waals surface area contributed by atoms with Gasteiger partial charge in [-0.15, -0.1) is 11.3 Å². The molecule has 0 amide bonds. The monoisotopic (exact) mass is 298 g/mol. The van der Waals surface area contributed by atoms with E-state index in [0.717, 1.165) is 6.07 Å². The van der Waals surface area contributed by atoms with Crippen LogP contribution in [0.3, 0.4) is 0 Å². The summed E-state index contributed by atoms with van der Waals surface area (Å²) >= 11 is 5.95. The van der Waals surface area contributed by atoms with Crippen molar-refractivity contribution in [1.29, 1.82) is 0 Å². The van der Waals surface area contributed by atoms with E-state index in [2.05, 4.69) is 0 Å². The minimum absolute atomic E-state index is 0.0690. The number of halogens is 5. The van der Waals surface area contributed by atoms with Crippen molar-refractivity contribution >= 4 is 42.7 Å². The van der Waals surface area contributed by atoms with Gasteiger partial charge in [0.05, 0.1) is 4.34 Å². The lowest BCUT2D eigenvalue weighted by Gasteiger charge is -2.15. The molecule has 0 bridgehead atoms. The van der Waals surface area contributed by atoms with Gasteiger partial charge in [0.15, 0.2) is 0 Å². The Hall–Kier alpha value is 0.0200. The topological polar surface area (TPSA) is 34.1 Å². The average molecular weight is 299 g/mol. The second-order valence-corrected chi connectivity index (χ2v) is 7.00. The summed E-state index contributed by atoms with van der Waals surface area (Å²) in [6, 6.07) is 2.17. The first-order valence-corrected chi connectivity index (χ1v) is 6.94. The molecule has 0 aliphatic rings. The second-order valence-electron chi connectivity index (χ2n) is 2.54. The van der Waals surface area contributed by atoms with Gasteiger partial charge in [-0.1, -0.05) is 11.6 Å². The van der Waals surface area contributed by atoms with E-state index >= 15 is 0 Å². The largest absolute Gasteiger partial charge is 0.411 e. The van der Waals surface area contributed by atoms with Crippen LogP contribution in [0.25, 0.3) is 0 Å². The third-order valence-corrected chi connectivity index (χ3v) is 4.50. The van der Waals surface area contributed by atoms with E-state index in [1.807, 2.05) is 0 Å². The zero-order valence-electron chi connectivity index (χ0n) is 6.75. The first kappa shape index (κ1) is 13.1. The molecular formula is C6H3Cl2F3O2S2. The molecule has 0 aliphatic carbocycles. The third-order valence-electron chi connectivity index (χ3n) is 1.43. The number of rotatable bonds is 2. The Kier molecular flexibility index (Phi) is 3.59. The Morgan fingerprint density at radius 1 is 1.33 bits per heavy atom. The van der Waals surface area contributed by atoms with Crippen molar-refractivity contribution in [2.75, 3.05) is 0 Å². The molecule has 1 unspecified atom stereocenters. The van der Waals surface area contributed by atoms with Crippen molar-refractivity contribution in [2.45, 2.75) is 11.4 Å². The smallest absolute Gasteiger partial charge is 0.211 e. The van der Waals surface area contributed by atoms with Crippen LogP contribution in [-0.4, -0.2) is 14.6 Å². The summed E-state index contributed by atoms with van der Waals surface area (Å²) in [5, 5.41) is -2.72. The Morgan fingerprint density at radius 3 is 2.13 bits per heavy atom. The molecular weight excluding hydrogens is 296 g/mol. The fraction of sp³-hybridized carbons (Fsp3) is 0.333. The molecule has 0 aliphatic heterocycles. The van der Waals surface area contributed by atoms with Crippen LogP contribution in [0.15, 0.2) is 12.1 Å². The maximum atomic E-state index is 12.4. The fourth-order valence-electron chi connectivity index (χ4n) is 0.929. The van der Waals surface area contributed by atoms with Gasteiger partial charge in [0.2, 0.25) is 14.3 Å². The van der Waals surface area contributed by atoms with Gasteiger partial charge in [0.1, 0.15) is 0 Å². The minimum Gasteiger partial charge on any atom is -0.211 e. The summed E-state index contributed by atoms with van der Waals surface area (Å²) in [5.41, 5.74) is 0. The van der Waals surface area contributed by atoms with Crippen molar-refractivity contribution in [3.8, 4) is 0 Å². The van der Waals surface area contributed by atoms with Crippen LogP contribution >= 0.6 is 33.6 Å². The average Bonchev–Trinajstić information content (AvgIpc) is 2.28. The third kappa shape index (κ3) is 3.24. The quantitative estimate of drug-likeness (QED) is 0.782. The standard InChI is InChI=1S/C6H3Cl2F3O2S2/c7-4-2-1-3(14-4)5(6(9,10)11)15(8,12)13/h1-2,5H. The number of hydrogen-bond acceptors (Lipinski definition) is 3. The van der Waals surface area contributed by atoms with E-state index in [1.54, 1.807) is 0 Å². The Bertz CT molecular complexity index is 451. The van der Waals surface area contributed by atoms with Crippen LogP contribution in [0.2, 0.25) is 4.34 Å². The Labute approximate surface area is 97.0 Å². The molecule has 86 valence electrons. The Morgan fingerprint density at radius 2 is 1.87 bits per heavy atom. The lowest BCUT2D eigenvalue weighted by atomic mass is 10.3. The van der Waals surface area contributed by atoms with Gasteiger partial charge in [0, 0.05) is 15.6 Å². The molecule has 1 rings (SSSR count). The van der Waals surface area contributed by atoms with Crippen molar-refractivity contribution in [2.24, 2.45) is 0 Å². The highest BCUT2D eigenvalue weighted by atomic mass is 35.7. The molecule has 0 fully saturated rings. The maximum absolute atomic E-state index is 12.4. The van der Waals surface area contributed by atoms with Gasteiger partial charge in [-0.05, 0) is 12.1 Å². The normalized spacial score (nSPS) is 15.3. The lowest BCUT2D eigenvalue weighted by Crippen LogP contribution is -2.24. The van der Waals surface area contributed by atoms with Crippen LogP contribution in [0.4, 0.5) is 13.2 Å². The molecule has 0 N–H and O–H groups in total. The number of alkyl halides is 3. The van der Waals surface area contributed by atoms with E-state index < -0.39 is 25.4 Å². The summed E-state index contributed by atoms with van der Waals surface area (Å²) in [7, 11) is -0.0199. The highest BCUT2D eigenvalue weighted by Gasteiger charge is 2.50. The van der Waals surface area contributed by atoms with Crippen LogP contribution in [0, 0.1) is 0 Å². The molecule has 15 heavy (non-hydrogen) atoms. The highest BCUT2D eigenvalue weighted by molar-refractivity contribution is 8.14. The minimum atomic E-state index is -4.95. The summed E-state index contributed by atoms with van der Waals surface area (Å²) in [6.45, 7) is 0. The van der Waals surface area contributed by atoms with Crippen LogP contribution in [0.5, 0.6) is 0 Å². The predicted octanol–water partition coefficient (Wildman–Crippen LogP) is 3.57. The molecule has 0 saturated carbocycles. The molecule has 9 heteroatoms. The summed E-state index contributed by atoms with van der Waals surface area (Å²) < 4.78 is 58.9. The number of hydrogen-bond donors (Lipinski definition) is 0. The first-order valence-electron chi connectivity index (χ1n) is 3.38. The molecule has 2 nitrogen and oxygen atoms in total. The molecule has 1 heterocycles. The summed E-state index contributed by atoms with van der Waals surface area (Å²) in [5.74, 6) is 0.